The predicted octanol–water partition coefficient (Wildman–Crippen LogP) is 4.54. The number of likely N-dealkylation sites (tertiary alicyclic amines) is 1. The Kier molecular flexibility index (Phi) is 8.35. The number of primary amides is 1. The number of hydrogen-bond acceptors (Lipinski definition) is 4. The molecule has 1 aliphatic heterocycles. The molecule has 1 amide bonds. The highest BCUT2D eigenvalue weighted by Crippen LogP contribution is 2.30. The molecule has 3 aliphatic rings. The van der Waals surface area contributed by atoms with E-state index in [1.165, 1.54) is 18.4 Å². The molecule has 0 radical (unpaired) electrons. The zero-order valence-corrected chi connectivity index (χ0v) is 19.2. The molecule has 1 saturated heterocycles. The van der Waals surface area contributed by atoms with Crippen molar-refractivity contribution in [3.63, 3.8) is 0 Å². The molecule has 1 atom stereocenters. The molecule has 1 fully saturated rings. The quantitative estimate of drug-likeness (QED) is 0.586. The molecule has 166 valence electrons. The van der Waals surface area contributed by atoms with E-state index in [9.17, 15) is 4.79 Å². The summed E-state index contributed by atoms with van der Waals surface area (Å²) in [6, 6.07) is 0.0638. The SMILES string of the molecule is CC=NC1=C(C(=NC(CN2CCCC2)C2=CCC=CC=C2)C(C)C)CCC=C1C(N)=O. The lowest BCUT2D eigenvalue weighted by Crippen LogP contribution is -2.32. The summed E-state index contributed by atoms with van der Waals surface area (Å²) in [5, 5.41) is 0. The van der Waals surface area contributed by atoms with E-state index in [2.05, 4.69) is 54.1 Å². The van der Waals surface area contributed by atoms with Crippen LogP contribution in [0, 0.1) is 5.92 Å². The van der Waals surface area contributed by atoms with Crippen molar-refractivity contribution in [2.45, 2.75) is 58.9 Å². The van der Waals surface area contributed by atoms with Crippen molar-refractivity contribution < 1.29 is 4.79 Å². The van der Waals surface area contributed by atoms with Gasteiger partial charge in [-0.05, 0) is 63.6 Å². The van der Waals surface area contributed by atoms with E-state index in [0.717, 1.165) is 50.2 Å². The second-order valence-electron chi connectivity index (χ2n) is 8.65. The van der Waals surface area contributed by atoms with E-state index < -0.39 is 5.91 Å². The van der Waals surface area contributed by atoms with Crippen LogP contribution < -0.4 is 5.73 Å². The highest BCUT2D eigenvalue weighted by atomic mass is 16.1. The molecule has 0 saturated carbocycles. The van der Waals surface area contributed by atoms with Gasteiger partial charge < -0.3 is 10.6 Å². The van der Waals surface area contributed by atoms with Gasteiger partial charge in [0.25, 0.3) is 5.91 Å². The average Bonchev–Trinajstić information content (AvgIpc) is 3.10. The molecule has 0 aromatic carbocycles. The number of carbonyl (C=O) groups is 1. The monoisotopic (exact) mass is 420 g/mol. The first-order chi connectivity index (χ1) is 15.0. The fraction of sp³-hybridized carbons (Fsp3) is 0.500. The van der Waals surface area contributed by atoms with Gasteiger partial charge >= 0.3 is 0 Å². The largest absolute Gasteiger partial charge is 0.366 e. The van der Waals surface area contributed by atoms with Gasteiger partial charge in [0.15, 0.2) is 0 Å². The third-order valence-electron chi connectivity index (χ3n) is 6.00. The van der Waals surface area contributed by atoms with Crippen LogP contribution in [0.4, 0.5) is 0 Å². The number of nitrogens with zero attached hydrogens (tertiary/aromatic N) is 3. The Bertz CT molecular complexity index is 877. The van der Waals surface area contributed by atoms with Gasteiger partial charge in [-0.15, -0.1) is 0 Å². The maximum absolute atomic E-state index is 12.1. The van der Waals surface area contributed by atoms with Gasteiger partial charge in [-0.2, -0.15) is 0 Å². The summed E-state index contributed by atoms with van der Waals surface area (Å²) < 4.78 is 0. The van der Waals surface area contributed by atoms with Crippen LogP contribution in [0.15, 0.2) is 68.9 Å². The lowest BCUT2D eigenvalue weighted by atomic mass is 9.87. The molecule has 1 unspecified atom stereocenters. The summed E-state index contributed by atoms with van der Waals surface area (Å²) in [6.07, 6.45) is 19.6. The van der Waals surface area contributed by atoms with Gasteiger partial charge in [0.2, 0.25) is 0 Å². The van der Waals surface area contributed by atoms with E-state index in [-0.39, 0.29) is 12.0 Å². The maximum atomic E-state index is 12.1. The zero-order chi connectivity index (χ0) is 22.2. The number of nitrogens with two attached hydrogens (primary N) is 1. The lowest BCUT2D eigenvalue weighted by Gasteiger charge is -2.26. The smallest absolute Gasteiger partial charge is 0.250 e. The van der Waals surface area contributed by atoms with Crippen LogP contribution in [0.3, 0.4) is 0 Å². The highest BCUT2D eigenvalue weighted by molar-refractivity contribution is 6.07. The van der Waals surface area contributed by atoms with E-state index in [1.54, 1.807) is 6.21 Å². The number of hydrogen-bond donors (Lipinski definition) is 1. The lowest BCUT2D eigenvalue weighted by molar-refractivity contribution is -0.114. The van der Waals surface area contributed by atoms with E-state index in [4.69, 9.17) is 10.7 Å². The Morgan fingerprint density at radius 2 is 2.00 bits per heavy atom. The summed E-state index contributed by atoms with van der Waals surface area (Å²) in [6.45, 7) is 9.42. The fourth-order valence-corrected chi connectivity index (χ4v) is 4.50. The summed E-state index contributed by atoms with van der Waals surface area (Å²) in [7, 11) is 0. The van der Waals surface area contributed by atoms with Crippen LogP contribution >= 0.6 is 0 Å². The molecular weight excluding hydrogens is 384 g/mol. The summed E-state index contributed by atoms with van der Waals surface area (Å²) >= 11 is 0. The number of amides is 1. The van der Waals surface area contributed by atoms with Gasteiger partial charge in [0.1, 0.15) is 0 Å². The third-order valence-corrected chi connectivity index (χ3v) is 6.00. The molecule has 3 rings (SSSR count). The Labute approximate surface area is 186 Å². The Balaban J connectivity index is 2.07. The van der Waals surface area contributed by atoms with Gasteiger partial charge in [-0.1, -0.05) is 50.3 Å². The standard InChI is InChI=1S/C26H36N4O/c1-4-28-25-21(14-11-15-22(25)26(27)31)24(19(2)3)29-23(18-30-16-9-10-17-30)20-12-7-5-6-8-13-20/h4-7,12-13,15,19,23H,8-11,14,16-18H2,1-3H3,(H2,27,31). The second-order valence-corrected chi connectivity index (χ2v) is 8.65. The number of carbonyl (C=O) groups excluding carboxylic acids is 1. The molecule has 0 bridgehead atoms. The van der Waals surface area contributed by atoms with Crippen molar-refractivity contribution in [1.29, 1.82) is 0 Å². The molecule has 1 heterocycles. The summed E-state index contributed by atoms with van der Waals surface area (Å²) in [4.78, 5) is 24.5. The molecule has 5 nitrogen and oxygen atoms in total. The van der Waals surface area contributed by atoms with Gasteiger partial charge in [0.05, 0.1) is 17.3 Å². The topological polar surface area (TPSA) is 71.1 Å². The predicted molar refractivity (Wildman–Crippen MR) is 130 cm³/mol. The first kappa shape index (κ1) is 23.1. The molecule has 0 aromatic heterocycles. The molecule has 2 N–H and O–H groups in total. The molecule has 2 aliphatic carbocycles. The first-order valence-electron chi connectivity index (χ1n) is 11.6. The van der Waals surface area contributed by atoms with Crippen LogP contribution in [-0.4, -0.2) is 48.4 Å². The van der Waals surface area contributed by atoms with Crippen molar-refractivity contribution in [1.82, 2.24) is 4.90 Å². The molecule has 0 aromatic rings. The van der Waals surface area contributed by atoms with Crippen LogP contribution in [0.5, 0.6) is 0 Å². The van der Waals surface area contributed by atoms with Crippen molar-refractivity contribution in [3.05, 3.63) is 58.9 Å². The van der Waals surface area contributed by atoms with E-state index >= 15 is 0 Å². The minimum absolute atomic E-state index is 0.0638. The van der Waals surface area contributed by atoms with E-state index in [1.807, 2.05) is 13.0 Å². The minimum atomic E-state index is -0.421. The number of allylic oxidation sites excluding steroid dienone is 6. The van der Waals surface area contributed by atoms with Crippen molar-refractivity contribution >= 4 is 17.8 Å². The van der Waals surface area contributed by atoms with Gasteiger partial charge in [0, 0.05) is 24.0 Å². The molecule has 0 spiro atoms. The second kappa shape index (κ2) is 11.2. The first-order valence-corrected chi connectivity index (χ1v) is 11.6. The summed E-state index contributed by atoms with van der Waals surface area (Å²) in [5.74, 6) is -0.200. The maximum Gasteiger partial charge on any atom is 0.250 e. The normalized spacial score (nSPS) is 21.6. The van der Waals surface area contributed by atoms with Crippen molar-refractivity contribution in [2.24, 2.45) is 21.6 Å². The Morgan fingerprint density at radius 1 is 1.23 bits per heavy atom. The average molecular weight is 421 g/mol. The molecule has 31 heavy (non-hydrogen) atoms. The van der Waals surface area contributed by atoms with Gasteiger partial charge in [-0.25, -0.2) is 0 Å². The Hall–Kier alpha value is -2.53. The summed E-state index contributed by atoms with van der Waals surface area (Å²) in [5.41, 5.74) is 10.3. The highest BCUT2D eigenvalue weighted by Gasteiger charge is 2.26. The van der Waals surface area contributed by atoms with Crippen molar-refractivity contribution in [2.75, 3.05) is 19.6 Å². The number of rotatable bonds is 8. The van der Waals surface area contributed by atoms with E-state index in [0.29, 0.717) is 11.3 Å². The van der Waals surface area contributed by atoms with Crippen LogP contribution in [0.2, 0.25) is 0 Å². The third kappa shape index (κ3) is 6.01. The van der Waals surface area contributed by atoms with Crippen LogP contribution in [0.25, 0.3) is 0 Å². The molecular formula is C26H36N4O. The fourth-order valence-electron chi connectivity index (χ4n) is 4.50. The number of aliphatic imine (C=N–C) groups is 2. The van der Waals surface area contributed by atoms with Crippen LogP contribution in [-0.2, 0) is 4.79 Å². The van der Waals surface area contributed by atoms with Gasteiger partial charge in [-0.3, -0.25) is 14.8 Å². The van der Waals surface area contributed by atoms with Crippen molar-refractivity contribution in [3.8, 4) is 0 Å². The zero-order valence-electron chi connectivity index (χ0n) is 19.2. The molecule has 5 heteroatoms. The van der Waals surface area contributed by atoms with Crippen LogP contribution in [0.1, 0.15) is 52.9 Å². The Morgan fingerprint density at radius 3 is 2.68 bits per heavy atom. The minimum Gasteiger partial charge on any atom is -0.366 e.